The molecule has 0 fully saturated rings. The van der Waals surface area contributed by atoms with Crippen molar-refractivity contribution in [3.05, 3.63) is 34.7 Å². The molecule has 5 heteroatoms. The van der Waals surface area contributed by atoms with Gasteiger partial charge in [0.1, 0.15) is 4.60 Å². The van der Waals surface area contributed by atoms with Crippen LogP contribution in [-0.4, -0.2) is 19.7 Å². The summed E-state index contributed by atoms with van der Waals surface area (Å²) in [6.45, 7) is -2.63. The Hall–Kier alpha value is -1.23. The predicted octanol–water partition coefficient (Wildman–Crippen LogP) is 1.73. The first kappa shape index (κ1) is 3.49. The first-order chi connectivity index (χ1) is 9.12. The van der Waals surface area contributed by atoms with Crippen molar-refractivity contribution in [1.82, 2.24) is 19.7 Å². The zero-order chi connectivity index (χ0) is 15.2. The zero-order valence-corrected chi connectivity index (χ0v) is 7.75. The van der Waals surface area contributed by atoms with E-state index >= 15 is 0 Å². The Bertz CT molecular complexity index is 657. The first-order valence-corrected chi connectivity index (χ1v) is 4.00. The fraction of sp³-hybridized carbons (Fsp3) is 0.125. The Kier molecular flexibility index (Phi) is 0.875. The van der Waals surface area contributed by atoms with Crippen LogP contribution in [0.3, 0.4) is 0 Å². The van der Waals surface area contributed by atoms with Gasteiger partial charge in [-0.25, -0.2) is 14.6 Å². The zero-order valence-electron chi connectivity index (χ0n) is 13.2. The van der Waals surface area contributed by atoms with Gasteiger partial charge in [0.25, 0.3) is 5.95 Å². The highest BCUT2D eigenvalue weighted by atomic mass is 79.9. The number of aryl methyl sites for hydroxylation is 1. The van der Waals surface area contributed by atoms with E-state index in [0.29, 0.717) is 0 Å². The van der Waals surface area contributed by atoms with Gasteiger partial charge >= 0.3 is 0 Å². The van der Waals surface area contributed by atoms with Crippen LogP contribution >= 0.6 is 15.9 Å². The van der Waals surface area contributed by atoms with Crippen LogP contribution in [0.1, 0.15) is 15.3 Å². The average molecular weight is 246 g/mol. The van der Waals surface area contributed by atoms with E-state index in [-0.39, 0.29) is 16.6 Å². The summed E-state index contributed by atoms with van der Waals surface area (Å²) < 4.78 is 52.7. The van der Waals surface area contributed by atoms with Gasteiger partial charge in [-0.15, -0.1) is 0 Å². The average Bonchev–Trinajstić information content (AvgIpc) is 2.62. The summed E-state index contributed by atoms with van der Waals surface area (Å²) in [6, 6.07) is -0.791. The molecule has 0 radical (unpaired) electrons. The molecule has 0 spiro atoms. The third-order valence-electron chi connectivity index (χ3n) is 1.18. The Morgan fingerprint density at radius 2 is 2.54 bits per heavy atom. The summed E-state index contributed by atoms with van der Waals surface area (Å²) in [4.78, 5) is 7.47. The molecule has 2 aromatic heterocycles. The van der Waals surface area contributed by atoms with Crippen molar-refractivity contribution < 1.29 is 9.60 Å². The summed E-state index contributed by atoms with van der Waals surface area (Å²) in [7, 11) is 0. The molecular weight excluding hydrogens is 232 g/mol. The Labute approximate surface area is 93.6 Å². The van der Waals surface area contributed by atoms with E-state index in [1.54, 1.807) is 0 Å². The molecule has 4 nitrogen and oxygen atoms in total. The number of halogens is 1. The van der Waals surface area contributed by atoms with Crippen molar-refractivity contribution in [3.63, 3.8) is 0 Å². The van der Waals surface area contributed by atoms with Gasteiger partial charge in [0.05, 0.1) is 11.2 Å². The maximum absolute atomic E-state index is 7.69. The fourth-order valence-corrected chi connectivity index (χ4v) is 0.957. The number of nitrogens with zero attached hydrogens (tertiary/aromatic N) is 4. The van der Waals surface area contributed by atoms with Gasteiger partial charge in [-0.1, -0.05) is 0 Å². The highest BCUT2D eigenvalue weighted by Gasteiger charge is 2.00. The van der Waals surface area contributed by atoms with Crippen LogP contribution in [0.5, 0.6) is 0 Å². The molecule has 0 atom stereocenters. The summed E-state index contributed by atoms with van der Waals surface area (Å²) in [5.41, 5.74) is -0.538. The van der Waals surface area contributed by atoms with E-state index < -0.39 is 30.9 Å². The minimum atomic E-state index is -2.63. The van der Waals surface area contributed by atoms with Crippen molar-refractivity contribution >= 4 is 15.9 Å². The lowest BCUT2D eigenvalue weighted by Gasteiger charge is -1.97. The van der Waals surface area contributed by atoms with E-state index in [0.717, 1.165) is 4.68 Å². The van der Waals surface area contributed by atoms with Crippen LogP contribution < -0.4 is 0 Å². The molecule has 0 N–H and O–H groups in total. The quantitative estimate of drug-likeness (QED) is 0.720. The molecule has 13 heavy (non-hydrogen) atoms. The van der Waals surface area contributed by atoms with Crippen LogP contribution in [0.4, 0.5) is 0 Å². The molecule has 2 heterocycles. The molecule has 0 aromatic carbocycles. The molecule has 0 aliphatic rings. The van der Waals surface area contributed by atoms with Crippen LogP contribution in [0.15, 0.2) is 29.0 Å². The van der Waals surface area contributed by atoms with Crippen molar-refractivity contribution in [2.45, 2.75) is 6.85 Å². The molecule has 2 rings (SSSR count). The van der Waals surface area contributed by atoms with Gasteiger partial charge in [-0.05, 0) is 34.9 Å². The highest BCUT2D eigenvalue weighted by molar-refractivity contribution is 9.10. The van der Waals surface area contributed by atoms with Crippen molar-refractivity contribution in [3.8, 4) is 5.95 Å². The van der Waals surface area contributed by atoms with E-state index in [2.05, 4.69) is 31.0 Å². The third kappa shape index (κ3) is 1.75. The van der Waals surface area contributed by atoms with Crippen LogP contribution in [0, 0.1) is 6.85 Å². The van der Waals surface area contributed by atoms with Gasteiger partial charge in [0, 0.05) is 16.5 Å². The minimum absolute atomic E-state index is 0.0179. The smallest absolute Gasteiger partial charge is 0.220 e. The number of aromatic nitrogens is 4. The summed E-state index contributed by atoms with van der Waals surface area (Å²) in [5.74, 6) is -0.244. The van der Waals surface area contributed by atoms with Gasteiger partial charge in [-0.2, -0.15) is 5.10 Å². The van der Waals surface area contributed by atoms with E-state index in [1.807, 2.05) is 0 Å². The molecule has 0 aliphatic carbocycles. The lowest BCUT2D eigenvalue weighted by molar-refractivity contribution is 0.793. The third-order valence-corrected chi connectivity index (χ3v) is 1.56. The number of hydrogen-bond donors (Lipinski definition) is 0. The number of rotatable bonds is 1. The van der Waals surface area contributed by atoms with Crippen molar-refractivity contribution in [1.29, 1.82) is 0 Å². The minimum Gasteiger partial charge on any atom is -0.220 e. The Morgan fingerprint density at radius 1 is 1.62 bits per heavy atom. The first-order valence-electron chi connectivity index (χ1n) is 6.70. The standard InChI is InChI=1S/C8H7BrN4/c1-6-3-5-13(12-6)8-10-4-2-7(9)11-8/h2-5H,1H3/i1D3,2D,3D,4D,5D. The monoisotopic (exact) mass is 245 g/mol. The summed E-state index contributed by atoms with van der Waals surface area (Å²) in [5, 5.41) is 3.65. The van der Waals surface area contributed by atoms with E-state index in [9.17, 15) is 0 Å². The fourth-order valence-electron chi connectivity index (χ4n) is 0.710. The lowest BCUT2D eigenvalue weighted by Crippen LogP contribution is -2.01. The second-order valence-corrected chi connectivity index (χ2v) is 2.80. The Balaban J connectivity index is 2.66. The van der Waals surface area contributed by atoms with Gasteiger partial charge < -0.3 is 0 Å². The SMILES string of the molecule is [2H]c1nc(-n2nc(C([2H])([2H])[2H])c([2H])c2[2H])nc(Br)c1[2H]. The summed E-state index contributed by atoms with van der Waals surface area (Å²) >= 11 is 2.96. The second-order valence-electron chi connectivity index (χ2n) is 2.05. The lowest BCUT2D eigenvalue weighted by atomic mass is 10.5. The van der Waals surface area contributed by atoms with Crippen LogP contribution in [-0.2, 0) is 0 Å². The van der Waals surface area contributed by atoms with E-state index in [1.165, 1.54) is 0 Å². The molecule has 0 aliphatic heterocycles. The summed E-state index contributed by atoms with van der Waals surface area (Å²) in [6.07, 6.45) is -0.904. The van der Waals surface area contributed by atoms with Crippen molar-refractivity contribution in [2.24, 2.45) is 0 Å². The molecule has 0 amide bonds. The van der Waals surface area contributed by atoms with Crippen molar-refractivity contribution in [2.75, 3.05) is 0 Å². The maximum Gasteiger partial charge on any atom is 0.251 e. The van der Waals surface area contributed by atoms with Crippen LogP contribution in [0.2, 0.25) is 0 Å². The normalized spacial score (nSPS) is 19.0. The maximum atomic E-state index is 7.69. The molecular formula is C8H7BrN4. The van der Waals surface area contributed by atoms with Crippen LogP contribution in [0.25, 0.3) is 5.95 Å². The Morgan fingerprint density at radius 3 is 3.23 bits per heavy atom. The highest BCUT2D eigenvalue weighted by Crippen LogP contribution is 2.06. The van der Waals surface area contributed by atoms with E-state index in [4.69, 9.17) is 9.60 Å². The topological polar surface area (TPSA) is 43.6 Å². The van der Waals surface area contributed by atoms with Gasteiger partial charge in [0.2, 0.25) is 0 Å². The molecule has 66 valence electrons. The molecule has 2 aromatic rings. The molecule has 0 saturated carbocycles. The molecule has 0 bridgehead atoms. The van der Waals surface area contributed by atoms with Gasteiger partial charge in [0.15, 0.2) is 0 Å². The van der Waals surface area contributed by atoms with Gasteiger partial charge in [-0.3, -0.25) is 0 Å². The largest absolute Gasteiger partial charge is 0.251 e. The molecule has 0 saturated heterocycles. The number of hydrogen-bond acceptors (Lipinski definition) is 3. The molecule has 0 unspecified atom stereocenters. The predicted molar refractivity (Wildman–Crippen MR) is 51.6 cm³/mol. The second kappa shape index (κ2) is 3.26.